The highest BCUT2D eigenvalue weighted by Crippen LogP contribution is 2.32. The summed E-state index contributed by atoms with van der Waals surface area (Å²) in [5.41, 5.74) is 0.177. The summed E-state index contributed by atoms with van der Waals surface area (Å²) in [5.74, 6) is -0.783. The molecule has 0 saturated heterocycles. The number of rotatable bonds is 7. The molecule has 1 heterocycles. The van der Waals surface area contributed by atoms with Crippen molar-refractivity contribution in [3.05, 3.63) is 129 Å². The van der Waals surface area contributed by atoms with Crippen LogP contribution < -0.4 is 10.3 Å². The topological polar surface area (TPSA) is 93.8 Å². The van der Waals surface area contributed by atoms with Crippen LogP contribution in [-0.4, -0.2) is 27.0 Å². The van der Waals surface area contributed by atoms with E-state index in [1.54, 1.807) is 48.5 Å². The maximum absolute atomic E-state index is 13.4. The summed E-state index contributed by atoms with van der Waals surface area (Å²) in [6.07, 6.45) is -3.25. The van der Waals surface area contributed by atoms with Crippen molar-refractivity contribution in [1.29, 1.82) is 0 Å². The van der Waals surface area contributed by atoms with Crippen LogP contribution >= 0.6 is 11.6 Å². The van der Waals surface area contributed by atoms with Crippen molar-refractivity contribution in [2.24, 2.45) is 5.10 Å². The summed E-state index contributed by atoms with van der Waals surface area (Å²) in [4.78, 5) is 29.0. The molecule has 0 aliphatic heterocycles. The number of hydrogen-bond donors (Lipinski definition) is 1. The number of nitrogens with zero attached hydrogens (tertiary/aromatic N) is 3. The fourth-order valence-electron chi connectivity index (χ4n) is 4.05. The van der Waals surface area contributed by atoms with E-state index in [-0.39, 0.29) is 34.0 Å². The van der Waals surface area contributed by atoms with Crippen molar-refractivity contribution in [3.63, 3.8) is 0 Å². The number of carbonyl (C=O) groups is 1. The van der Waals surface area contributed by atoms with Crippen LogP contribution in [0.3, 0.4) is 0 Å². The van der Waals surface area contributed by atoms with Gasteiger partial charge in [0.1, 0.15) is 12.4 Å². The molecule has 0 aliphatic carbocycles. The number of alkyl halides is 3. The molecule has 0 bridgehead atoms. The first kappa shape index (κ1) is 27.6. The molecule has 41 heavy (non-hydrogen) atoms. The number of carboxylic acids is 1. The van der Waals surface area contributed by atoms with Crippen LogP contribution in [-0.2, 0) is 12.8 Å². The van der Waals surface area contributed by atoms with Crippen LogP contribution in [0, 0.1) is 0 Å². The average Bonchev–Trinajstić information content (AvgIpc) is 2.96. The molecule has 0 saturated carbocycles. The molecule has 0 unspecified atom stereocenters. The molecule has 0 spiro atoms. The smallest absolute Gasteiger partial charge is 0.416 e. The molecule has 11 heteroatoms. The molecule has 206 valence electrons. The summed E-state index contributed by atoms with van der Waals surface area (Å²) in [7, 11) is 0. The molecule has 4 aromatic carbocycles. The predicted octanol–water partition coefficient (Wildman–Crippen LogP) is 6.90. The van der Waals surface area contributed by atoms with Crippen molar-refractivity contribution in [2.45, 2.75) is 12.8 Å². The highest BCUT2D eigenvalue weighted by Gasteiger charge is 2.31. The minimum atomic E-state index is -4.58. The Hall–Kier alpha value is -4.96. The van der Waals surface area contributed by atoms with E-state index in [9.17, 15) is 22.8 Å². The van der Waals surface area contributed by atoms with Gasteiger partial charge in [0.05, 0.1) is 33.3 Å². The zero-order chi connectivity index (χ0) is 29.1. The number of ether oxygens (including phenoxy) is 1. The van der Waals surface area contributed by atoms with Gasteiger partial charge in [0, 0.05) is 5.56 Å². The minimum Gasteiger partial charge on any atom is -0.487 e. The molecular weight excluding hydrogens is 559 g/mol. The summed E-state index contributed by atoms with van der Waals surface area (Å²) < 4.78 is 46.9. The summed E-state index contributed by atoms with van der Waals surface area (Å²) >= 11 is 6.39. The number of aromatic nitrogens is 2. The maximum Gasteiger partial charge on any atom is 0.416 e. The van der Waals surface area contributed by atoms with Gasteiger partial charge in [-0.25, -0.2) is 9.78 Å². The van der Waals surface area contributed by atoms with E-state index in [2.05, 4.69) is 10.1 Å². The first-order valence-corrected chi connectivity index (χ1v) is 12.5. The van der Waals surface area contributed by atoms with Gasteiger partial charge in [0.2, 0.25) is 0 Å². The summed E-state index contributed by atoms with van der Waals surface area (Å²) in [6.45, 7) is 0.0762. The van der Waals surface area contributed by atoms with Gasteiger partial charge >= 0.3 is 12.1 Å². The van der Waals surface area contributed by atoms with Crippen LogP contribution in [0.1, 0.15) is 27.0 Å². The number of fused-ring (bicyclic) bond motifs is 1. The van der Waals surface area contributed by atoms with Gasteiger partial charge in [-0.05, 0) is 65.7 Å². The van der Waals surface area contributed by atoms with Crippen LogP contribution in [0.4, 0.5) is 13.2 Å². The quantitative estimate of drug-likeness (QED) is 0.212. The third-order valence-electron chi connectivity index (χ3n) is 6.05. The second kappa shape index (κ2) is 11.3. The monoisotopic (exact) mass is 577 g/mol. The molecule has 7 nitrogen and oxygen atoms in total. The zero-order valence-electron chi connectivity index (χ0n) is 21.0. The van der Waals surface area contributed by atoms with Crippen molar-refractivity contribution in [2.75, 3.05) is 0 Å². The van der Waals surface area contributed by atoms with Crippen LogP contribution in [0.5, 0.6) is 5.75 Å². The van der Waals surface area contributed by atoms with E-state index in [4.69, 9.17) is 21.4 Å². The fourth-order valence-corrected chi connectivity index (χ4v) is 4.29. The Morgan fingerprint density at radius 2 is 1.78 bits per heavy atom. The number of halogens is 4. The molecule has 1 N–H and O–H groups in total. The van der Waals surface area contributed by atoms with Gasteiger partial charge < -0.3 is 9.84 Å². The Morgan fingerprint density at radius 1 is 1.00 bits per heavy atom. The minimum absolute atomic E-state index is 0.0635. The number of benzene rings is 4. The number of aromatic carboxylic acids is 1. The van der Waals surface area contributed by atoms with Gasteiger partial charge in [-0.2, -0.15) is 22.9 Å². The maximum atomic E-state index is 13.4. The molecular formula is C30H19ClF3N3O4. The van der Waals surface area contributed by atoms with E-state index in [1.165, 1.54) is 36.5 Å². The van der Waals surface area contributed by atoms with Crippen molar-refractivity contribution < 1.29 is 27.8 Å². The molecule has 5 aromatic rings. The number of hydrogen-bond acceptors (Lipinski definition) is 5. The third-order valence-corrected chi connectivity index (χ3v) is 6.34. The molecule has 1 aromatic heterocycles. The molecule has 0 amide bonds. The molecule has 0 atom stereocenters. The molecule has 0 fully saturated rings. The van der Waals surface area contributed by atoms with Crippen LogP contribution in [0.15, 0.2) is 101 Å². The fraction of sp³-hybridized carbons (Fsp3) is 0.0667. The second-order valence-electron chi connectivity index (χ2n) is 8.88. The Bertz CT molecular complexity index is 1870. The lowest BCUT2D eigenvalue weighted by Crippen LogP contribution is -2.20. The Labute approximate surface area is 235 Å². The lowest BCUT2D eigenvalue weighted by atomic mass is 10.1. The molecule has 0 radical (unpaired) electrons. The second-order valence-corrected chi connectivity index (χ2v) is 9.28. The highest BCUT2D eigenvalue weighted by atomic mass is 35.5. The van der Waals surface area contributed by atoms with Gasteiger partial charge in [-0.1, -0.05) is 48.0 Å². The molecule has 0 aliphatic rings. The Kier molecular flexibility index (Phi) is 7.58. The Balaban J connectivity index is 1.47. The number of para-hydroxylation sites is 1. The van der Waals surface area contributed by atoms with E-state index < -0.39 is 23.3 Å². The normalized spacial score (nSPS) is 11.7. The first-order valence-electron chi connectivity index (χ1n) is 12.1. The van der Waals surface area contributed by atoms with E-state index in [1.807, 2.05) is 0 Å². The SMILES string of the molecule is O=C(O)c1cccc(COc2ccc(C=Nn3c(-c4cccc(C(F)(F)F)c4)nc4ccccc4c3=O)cc2Cl)c1. The summed E-state index contributed by atoms with van der Waals surface area (Å²) in [5, 5.41) is 13.9. The van der Waals surface area contributed by atoms with E-state index >= 15 is 0 Å². The lowest BCUT2D eigenvalue weighted by molar-refractivity contribution is -0.137. The predicted molar refractivity (Wildman–Crippen MR) is 149 cm³/mol. The first-order chi connectivity index (χ1) is 19.6. The van der Waals surface area contributed by atoms with Gasteiger partial charge in [-0.3, -0.25) is 4.79 Å². The number of carboxylic acid groups (broad SMARTS) is 1. The Morgan fingerprint density at radius 3 is 2.54 bits per heavy atom. The van der Waals surface area contributed by atoms with E-state index in [0.717, 1.165) is 16.8 Å². The van der Waals surface area contributed by atoms with Gasteiger partial charge in [0.25, 0.3) is 5.56 Å². The van der Waals surface area contributed by atoms with Gasteiger partial charge in [-0.15, -0.1) is 0 Å². The zero-order valence-corrected chi connectivity index (χ0v) is 21.7. The van der Waals surface area contributed by atoms with Crippen molar-refractivity contribution in [3.8, 4) is 17.1 Å². The molecule has 5 rings (SSSR count). The lowest BCUT2D eigenvalue weighted by Gasteiger charge is -2.12. The van der Waals surface area contributed by atoms with Crippen LogP contribution in [0.2, 0.25) is 5.02 Å². The largest absolute Gasteiger partial charge is 0.487 e. The van der Waals surface area contributed by atoms with Gasteiger partial charge in [0.15, 0.2) is 5.82 Å². The van der Waals surface area contributed by atoms with Crippen molar-refractivity contribution >= 4 is 34.7 Å². The standard InChI is InChI=1S/C30H19ClF3N3O4/c31-24-14-18(11-12-26(24)41-17-19-5-3-7-21(13-19)29(39)40)16-35-37-27(20-6-4-8-22(15-20)30(32,33)34)36-25-10-2-1-9-23(25)28(37)38/h1-16H,17H2,(H,39,40). The van der Waals surface area contributed by atoms with E-state index in [0.29, 0.717) is 22.4 Å². The summed E-state index contributed by atoms with van der Waals surface area (Å²) in [6, 6.07) is 22.0. The average molecular weight is 578 g/mol. The third kappa shape index (κ3) is 6.12. The highest BCUT2D eigenvalue weighted by molar-refractivity contribution is 6.32. The van der Waals surface area contributed by atoms with Crippen molar-refractivity contribution in [1.82, 2.24) is 9.66 Å². The van der Waals surface area contributed by atoms with Crippen LogP contribution in [0.25, 0.3) is 22.3 Å².